The molecule has 0 aliphatic carbocycles. The quantitative estimate of drug-likeness (QED) is 0.511. The number of halogens is 3. The average molecular weight is 562 g/mol. The van der Waals surface area contributed by atoms with E-state index in [1.165, 1.54) is 10.6 Å². The fourth-order valence-electron chi connectivity index (χ4n) is 4.70. The van der Waals surface area contributed by atoms with Crippen molar-refractivity contribution in [3.63, 3.8) is 0 Å². The highest BCUT2D eigenvalue weighted by Gasteiger charge is 2.42. The van der Waals surface area contributed by atoms with Crippen molar-refractivity contribution in [2.24, 2.45) is 5.92 Å². The summed E-state index contributed by atoms with van der Waals surface area (Å²) in [6.45, 7) is 4.24. The molecule has 0 saturated carbocycles. The maximum absolute atomic E-state index is 13.4. The van der Waals surface area contributed by atoms with Crippen LogP contribution in [0.1, 0.15) is 18.4 Å². The van der Waals surface area contributed by atoms with E-state index in [-0.39, 0.29) is 24.0 Å². The maximum Gasteiger partial charge on any atom is 0.320 e. The SMILES string of the molecule is CC(Oc1ccc(Cl)nc1)C1CN(C(=O)N2CCN(S(C)(=O)=O)CC2)CC1c1ccc(Cl)c(Cl)c1. The van der Waals surface area contributed by atoms with Crippen molar-refractivity contribution in [3.05, 3.63) is 57.3 Å². The van der Waals surface area contributed by atoms with Crippen LogP contribution in [0, 0.1) is 5.92 Å². The molecule has 2 saturated heterocycles. The molecule has 12 heteroatoms. The topological polar surface area (TPSA) is 83.1 Å². The summed E-state index contributed by atoms with van der Waals surface area (Å²) in [5.41, 5.74) is 0.978. The second kappa shape index (κ2) is 10.7. The lowest BCUT2D eigenvalue weighted by Gasteiger charge is -2.35. The lowest BCUT2D eigenvalue weighted by molar-refractivity contribution is 0.128. The van der Waals surface area contributed by atoms with Crippen LogP contribution in [0.4, 0.5) is 4.79 Å². The molecule has 1 aromatic carbocycles. The Morgan fingerprint density at radius 1 is 1.03 bits per heavy atom. The van der Waals surface area contributed by atoms with Crippen LogP contribution >= 0.6 is 34.8 Å². The van der Waals surface area contributed by atoms with Crippen LogP contribution in [0.5, 0.6) is 5.75 Å². The highest BCUT2D eigenvalue weighted by molar-refractivity contribution is 7.88. The van der Waals surface area contributed by atoms with Gasteiger partial charge in [0.1, 0.15) is 17.0 Å². The van der Waals surface area contributed by atoms with Crippen molar-refractivity contribution in [1.29, 1.82) is 0 Å². The van der Waals surface area contributed by atoms with Gasteiger partial charge in [0.25, 0.3) is 0 Å². The Kier molecular flexibility index (Phi) is 8.02. The molecule has 2 aliphatic rings. The minimum absolute atomic E-state index is 0.0239. The van der Waals surface area contributed by atoms with Crippen LogP contribution in [0.2, 0.25) is 15.2 Å². The first-order chi connectivity index (χ1) is 16.5. The van der Waals surface area contributed by atoms with E-state index >= 15 is 0 Å². The minimum atomic E-state index is -3.27. The van der Waals surface area contributed by atoms with E-state index in [1.807, 2.05) is 24.0 Å². The van der Waals surface area contributed by atoms with Gasteiger partial charge in [0.2, 0.25) is 10.0 Å². The molecule has 2 aromatic rings. The Hall–Kier alpha value is -1.78. The van der Waals surface area contributed by atoms with Crippen molar-refractivity contribution in [3.8, 4) is 5.75 Å². The molecule has 190 valence electrons. The number of likely N-dealkylation sites (tertiary alicyclic amines) is 1. The number of carbonyl (C=O) groups excluding carboxylic acids is 1. The molecule has 4 rings (SSSR count). The molecular formula is C23H27Cl3N4O4S. The van der Waals surface area contributed by atoms with Gasteiger partial charge >= 0.3 is 6.03 Å². The third kappa shape index (κ3) is 6.14. The van der Waals surface area contributed by atoms with Crippen molar-refractivity contribution >= 4 is 50.9 Å². The number of pyridine rings is 1. The summed E-state index contributed by atoms with van der Waals surface area (Å²) in [5.74, 6) is 0.543. The van der Waals surface area contributed by atoms with Crippen LogP contribution in [0.15, 0.2) is 36.5 Å². The van der Waals surface area contributed by atoms with E-state index < -0.39 is 10.0 Å². The van der Waals surface area contributed by atoms with E-state index in [0.29, 0.717) is 60.2 Å². The molecule has 3 atom stereocenters. The Morgan fingerprint density at radius 3 is 2.34 bits per heavy atom. The van der Waals surface area contributed by atoms with Gasteiger partial charge in [-0.05, 0) is 36.8 Å². The van der Waals surface area contributed by atoms with Gasteiger partial charge in [-0.1, -0.05) is 40.9 Å². The highest BCUT2D eigenvalue weighted by atomic mass is 35.5. The van der Waals surface area contributed by atoms with Crippen molar-refractivity contribution in [2.45, 2.75) is 18.9 Å². The number of piperazine rings is 1. The third-order valence-electron chi connectivity index (χ3n) is 6.61. The molecule has 2 aliphatic heterocycles. The molecule has 3 unspecified atom stereocenters. The smallest absolute Gasteiger partial charge is 0.320 e. The number of rotatable bonds is 5. The predicted molar refractivity (Wildman–Crippen MR) is 137 cm³/mol. The van der Waals surface area contributed by atoms with Gasteiger partial charge in [-0.2, -0.15) is 4.31 Å². The monoisotopic (exact) mass is 560 g/mol. The fourth-order valence-corrected chi connectivity index (χ4v) is 5.95. The third-order valence-corrected chi connectivity index (χ3v) is 8.88. The number of hydrogen-bond acceptors (Lipinski definition) is 5. The number of aromatic nitrogens is 1. The molecule has 35 heavy (non-hydrogen) atoms. The molecule has 2 fully saturated rings. The summed E-state index contributed by atoms with van der Waals surface area (Å²) in [4.78, 5) is 21.0. The Morgan fingerprint density at radius 2 is 1.74 bits per heavy atom. The number of urea groups is 1. The fraction of sp³-hybridized carbons (Fsp3) is 0.478. The molecule has 0 radical (unpaired) electrons. The van der Waals surface area contributed by atoms with E-state index in [4.69, 9.17) is 39.5 Å². The summed E-state index contributed by atoms with van der Waals surface area (Å²) in [6.07, 6.45) is 2.53. The zero-order chi connectivity index (χ0) is 25.3. The number of benzene rings is 1. The van der Waals surface area contributed by atoms with Crippen LogP contribution in [-0.4, -0.2) is 85.2 Å². The van der Waals surface area contributed by atoms with Gasteiger partial charge in [-0.15, -0.1) is 0 Å². The Balaban J connectivity index is 1.52. The van der Waals surface area contributed by atoms with E-state index in [0.717, 1.165) is 5.56 Å². The molecule has 0 spiro atoms. The zero-order valence-electron chi connectivity index (χ0n) is 19.4. The lowest BCUT2D eigenvalue weighted by atomic mass is 9.85. The summed E-state index contributed by atoms with van der Waals surface area (Å²) in [5, 5.41) is 1.31. The summed E-state index contributed by atoms with van der Waals surface area (Å²) in [7, 11) is -3.27. The van der Waals surface area contributed by atoms with Crippen LogP contribution < -0.4 is 4.74 Å². The van der Waals surface area contributed by atoms with Crippen LogP contribution in [0.3, 0.4) is 0 Å². The number of sulfonamides is 1. The summed E-state index contributed by atoms with van der Waals surface area (Å²) >= 11 is 18.3. The number of nitrogens with zero attached hydrogens (tertiary/aromatic N) is 4. The molecule has 3 heterocycles. The normalized spacial score (nSPS) is 22.3. The second-order valence-electron chi connectivity index (χ2n) is 8.92. The number of ether oxygens (including phenoxy) is 1. The highest BCUT2D eigenvalue weighted by Crippen LogP contribution is 2.38. The van der Waals surface area contributed by atoms with Crippen molar-refractivity contribution in [2.75, 3.05) is 45.5 Å². The average Bonchev–Trinajstić information content (AvgIpc) is 3.27. The van der Waals surface area contributed by atoms with E-state index in [9.17, 15) is 13.2 Å². The van der Waals surface area contributed by atoms with E-state index in [1.54, 1.807) is 29.3 Å². The first-order valence-corrected chi connectivity index (χ1v) is 14.2. The largest absolute Gasteiger partial charge is 0.489 e. The van der Waals surface area contributed by atoms with Crippen molar-refractivity contribution < 1.29 is 17.9 Å². The summed E-state index contributed by atoms with van der Waals surface area (Å²) in [6, 6.07) is 8.86. The molecule has 0 bridgehead atoms. The van der Waals surface area contributed by atoms with Crippen molar-refractivity contribution in [1.82, 2.24) is 19.1 Å². The number of amides is 2. The van der Waals surface area contributed by atoms with Gasteiger partial charge < -0.3 is 14.5 Å². The second-order valence-corrected chi connectivity index (χ2v) is 12.1. The Labute approximate surface area is 220 Å². The van der Waals surface area contributed by atoms with Gasteiger partial charge in [-0.3, -0.25) is 0 Å². The van der Waals surface area contributed by atoms with Crippen LogP contribution in [-0.2, 0) is 10.0 Å². The predicted octanol–water partition coefficient (Wildman–Crippen LogP) is 4.22. The van der Waals surface area contributed by atoms with Crippen LogP contribution in [0.25, 0.3) is 0 Å². The lowest BCUT2D eigenvalue weighted by Crippen LogP contribution is -2.53. The van der Waals surface area contributed by atoms with Gasteiger partial charge in [0, 0.05) is 51.1 Å². The molecular weight excluding hydrogens is 535 g/mol. The minimum Gasteiger partial charge on any atom is -0.489 e. The molecule has 2 amide bonds. The van der Waals surface area contributed by atoms with E-state index in [2.05, 4.69) is 4.98 Å². The number of hydrogen-bond donors (Lipinski definition) is 0. The standard InChI is InChI=1S/C23H27Cl3N4O4S/c1-15(34-17-4-6-22(26)27-12-17)18-13-29(14-19(18)16-3-5-20(24)21(25)11-16)23(31)28-7-9-30(10-8-28)35(2,32)33/h3-6,11-12,15,18-19H,7-10,13-14H2,1-2H3. The first-order valence-electron chi connectivity index (χ1n) is 11.2. The maximum atomic E-state index is 13.4. The first kappa shape index (κ1) is 26.3. The van der Waals surface area contributed by atoms with Gasteiger partial charge in [0.05, 0.1) is 22.5 Å². The molecule has 0 N–H and O–H groups in total. The Bertz CT molecular complexity index is 1170. The molecule has 8 nitrogen and oxygen atoms in total. The van der Waals surface area contributed by atoms with Gasteiger partial charge in [-0.25, -0.2) is 18.2 Å². The summed E-state index contributed by atoms with van der Waals surface area (Å²) < 4.78 is 31.2. The van der Waals surface area contributed by atoms with Gasteiger partial charge in [0.15, 0.2) is 0 Å². The molecule has 1 aromatic heterocycles. The zero-order valence-corrected chi connectivity index (χ0v) is 22.5. The number of carbonyl (C=O) groups is 1.